The normalized spacial score (nSPS) is 18.2. The average molecular weight is 289 g/mol. The predicted molar refractivity (Wildman–Crippen MR) is 83.5 cm³/mol. The van der Waals surface area contributed by atoms with Gasteiger partial charge in [-0.2, -0.15) is 0 Å². The third-order valence-electron chi connectivity index (χ3n) is 3.98. The molecule has 2 rings (SSSR count). The van der Waals surface area contributed by atoms with Crippen LogP contribution in [0.15, 0.2) is 30.3 Å². The fourth-order valence-corrected chi connectivity index (χ4v) is 2.73. The lowest BCUT2D eigenvalue weighted by molar-refractivity contribution is -0.131. The Morgan fingerprint density at radius 1 is 1.48 bits per heavy atom. The lowest BCUT2D eigenvalue weighted by Crippen LogP contribution is -2.40. The Kier molecular flexibility index (Phi) is 5.02. The number of likely N-dealkylation sites (tertiary alicyclic amines) is 1. The van der Waals surface area contributed by atoms with Crippen LogP contribution in [-0.2, 0) is 4.79 Å². The molecule has 21 heavy (non-hydrogen) atoms. The van der Waals surface area contributed by atoms with E-state index in [1.807, 2.05) is 24.3 Å². The Labute approximate surface area is 126 Å². The fourth-order valence-electron chi connectivity index (χ4n) is 2.73. The third-order valence-corrected chi connectivity index (χ3v) is 3.98. The minimum absolute atomic E-state index is 0.273. The van der Waals surface area contributed by atoms with Crippen molar-refractivity contribution in [1.29, 1.82) is 0 Å². The number of ether oxygens (including phenoxy) is 1. The number of nitrogens with zero attached hydrogens (tertiary/aromatic N) is 1. The number of aliphatic carboxylic acids is 1. The van der Waals surface area contributed by atoms with Crippen molar-refractivity contribution in [3.63, 3.8) is 0 Å². The van der Waals surface area contributed by atoms with Gasteiger partial charge in [0.15, 0.2) is 0 Å². The summed E-state index contributed by atoms with van der Waals surface area (Å²) in [4.78, 5) is 13.0. The van der Waals surface area contributed by atoms with E-state index in [-0.39, 0.29) is 5.54 Å². The number of rotatable bonds is 6. The van der Waals surface area contributed by atoms with Crippen LogP contribution in [0.3, 0.4) is 0 Å². The molecule has 1 aliphatic heterocycles. The van der Waals surface area contributed by atoms with Crippen LogP contribution in [0.5, 0.6) is 5.75 Å². The molecule has 0 bridgehead atoms. The largest absolute Gasteiger partial charge is 0.492 e. The Hall–Kier alpha value is -1.81. The summed E-state index contributed by atoms with van der Waals surface area (Å²) in [5.74, 6) is -0.169. The van der Waals surface area contributed by atoms with Gasteiger partial charge in [0.05, 0.1) is 0 Å². The number of carboxylic acids is 1. The quantitative estimate of drug-likeness (QED) is 0.818. The highest BCUT2D eigenvalue weighted by atomic mass is 16.5. The highest BCUT2D eigenvalue weighted by molar-refractivity contribution is 5.85. The molecule has 4 nitrogen and oxygen atoms in total. The van der Waals surface area contributed by atoms with Gasteiger partial charge in [-0.15, -0.1) is 0 Å². The maximum absolute atomic E-state index is 10.5. The zero-order chi connectivity index (χ0) is 15.3. The SMILES string of the molecule is CC1(C)CCCN1CCOc1cccc(C=CC(=O)O)c1. The van der Waals surface area contributed by atoms with Crippen LogP contribution in [-0.4, -0.2) is 41.2 Å². The van der Waals surface area contributed by atoms with Gasteiger partial charge < -0.3 is 9.84 Å². The van der Waals surface area contributed by atoms with Crippen LogP contribution in [0.2, 0.25) is 0 Å². The molecule has 114 valence electrons. The van der Waals surface area contributed by atoms with Crippen LogP contribution in [0, 0.1) is 0 Å². The molecule has 0 aliphatic carbocycles. The first kappa shape index (κ1) is 15.6. The van der Waals surface area contributed by atoms with E-state index in [1.165, 1.54) is 12.8 Å². The first-order valence-electron chi connectivity index (χ1n) is 7.36. The summed E-state index contributed by atoms with van der Waals surface area (Å²) in [6.45, 7) is 7.25. The van der Waals surface area contributed by atoms with E-state index in [1.54, 1.807) is 6.08 Å². The third kappa shape index (κ3) is 4.60. The molecule has 1 heterocycles. The minimum atomic E-state index is -0.947. The lowest BCUT2D eigenvalue weighted by Gasteiger charge is -2.31. The van der Waals surface area contributed by atoms with Gasteiger partial charge >= 0.3 is 5.97 Å². The van der Waals surface area contributed by atoms with Crippen molar-refractivity contribution in [3.8, 4) is 5.75 Å². The lowest BCUT2D eigenvalue weighted by atomic mass is 10.0. The second kappa shape index (κ2) is 6.76. The van der Waals surface area contributed by atoms with Gasteiger partial charge in [0.1, 0.15) is 12.4 Å². The molecule has 0 aromatic heterocycles. The molecule has 1 aromatic carbocycles. The van der Waals surface area contributed by atoms with E-state index in [0.717, 1.165) is 30.5 Å². The van der Waals surface area contributed by atoms with Crippen molar-refractivity contribution < 1.29 is 14.6 Å². The Balaban J connectivity index is 1.86. The monoisotopic (exact) mass is 289 g/mol. The molecule has 0 atom stereocenters. The highest BCUT2D eigenvalue weighted by Crippen LogP contribution is 2.27. The first-order chi connectivity index (χ1) is 9.97. The zero-order valence-electron chi connectivity index (χ0n) is 12.7. The van der Waals surface area contributed by atoms with Crippen LogP contribution in [0.25, 0.3) is 6.08 Å². The number of carboxylic acid groups (broad SMARTS) is 1. The van der Waals surface area contributed by atoms with Gasteiger partial charge in [0.2, 0.25) is 0 Å². The number of hydrogen-bond donors (Lipinski definition) is 1. The minimum Gasteiger partial charge on any atom is -0.492 e. The van der Waals surface area contributed by atoms with Crippen LogP contribution in [0.4, 0.5) is 0 Å². The van der Waals surface area contributed by atoms with Crippen LogP contribution >= 0.6 is 0 Å². The fraction of sp³-hybridized carbons (Fsp3) is 0.471. The number of benzene rings is 1. The molecule has 1 aliphatic rings. The summed E-state index contributed by atoms with van der Waals surface area (Å²) < 4.78 is 5.79. The predicted octanol–water partition coefficient (Wildman–Crippen LogP) is 3.04. The van der Waals surface area contributed by atoms with E-state index in [4.69, 9.17) is 9.84 Å². The number of carbonyl (C=O) groups is 1. The molecule has 4 heteroatoms. The summed E-state index contributed by atoms with van der Waals surface area (Å²) in [5.41, 5.74) is 1.10. The average Bonchev–Trinajstić information content (AvgIpc) is 2.76. The molecule has 1 fully saturated rings. The summed E-state index contributed by atoms with van der Waals surface area (Å²) in [5, 5.41) is 8.63. The summed E-state index contributed by atoms with van der Waals surface area (Å²) >= 11 is 0. The molecule has 1 aromatic rings. The second-order valence-corrected chi connectivity index (χ2v) is 6.00. The Morgan fingerprint density at radius 3 is 2.95 bits per heavy atom. The molecule has 1 N–H and O–H groups in total. The van der Waals surface area contributed by atoms with Crippen LogP contribution in [0.1, 0.15) is 32.3 Å². The van der Waals surface area contributed by atoms with Crippen molar-refractivity contribution in [2.75, 3.05) is 19.7 Å². The smallest absolute Gasteiger partial charge is 0.328 e. The van der Waals surface area contributed by atoms with Crippen molar-refractivity contribution in [3.05, 3.63) is 35.9 Å². The van der Waals surface area contributed by atoms with E-state index in [0.29, 0.717) is 6.61 Å². The Bertz CT molecular complexity index is 523. The molecule has 0 amide bonds. The summed E-state index contributed by atoms with van der Waals surface area (Å²) in [6, 6.07) is 7.48. The van der Waals surface area contributed by atoms with Gasteiger partial charge in [-0.05, 0) is 57.0 Å². The maximum atomic E-state index is 10.5. The Morgan fingerprint density at radius 2 is 2.29 bits per heavy atom. The standard InChI is InChI=1S/C17H23NO3/c1-17(2)9-4-10-18(17)11-12-21-15-6-3-5-14(13-15)7-8-16(19)20/h3,5-8,13H,4,9-12H2,1-2H3,(H,19,20). The van der Waals surface area contributed by atoms with Gasteiger partial charge in [-0.3, -0.25) is 4.90 Å². The van der Waals surface area contributed by atoms with Gasteiger partial charge in [-0.25, -0.2) is 4.79 Å². The van der Waals surface area contributed by atoms with Crippen molar-refractivity contribution in [2.24, 2.45) is 0 Å². The van der Waals surface area contributed by atoms with Gasteiger partial charge in [0, 0.05) is 18.2 Å². The molecular formula is C17H23NO3. The molecular weight excluding hydrogens is 266 g/mol. The van der Waals surface area contributed by atoms with Gasteiger partial charge in [-0.1, -0.05) is 12.1 Å². The molecule has 0 saturated carbocycles. The summed E-state index contributed by atoms with van der Waals surface area (Å²) in [7, 11) is 0. The topological polar surface area (TPSA) is 49.8 Å². The van der Waals surface area contributed by atoms with Crippen molar-refractivity contribution in [2.45, 2.75) is 32.2 Å². The van der Waals surface area contributed by atoms with E-state index >= 15 is 0 Å². The van der Waals surface area contributed by atoms with Crippen LogP contribution < -0.4 is 4.74 Å². The van der Waals surface area contributed by atoms with Crippen molar-refractivity contribution >= 4 is 12.0 Å². The summed E-state index contributed by atoms with van der Waals surface area (Å²) in [6.07, 6.45) is 5.19. The highest BCUT2D eigenvalue weighted by Gasteiger charge is 2.31. The van der Waals surface area contributed by atoms with Crippen molar-refractivity contribution in [1.82, 2.24) is 4.90 Å². The second-order valence-electron chi connectivity index (χ2n) is 6.00. The first-order valence-corrected chi connectivity index (χ1v) is 7.36. The molecule has 0 unspecified atom stereocenters. The molecule has 0 spiro atoms. The van der Waals surface area contributed by atoms with E-state index < -0.39 is 5.97 Å². The maximum Gasteiger partial charge on any atom is 0.328 e. The molecule has 1 saturated heterocycles. The van der Waals surface area contributed by atoms with E-state index in [2.05, 4.69) is 18.7 Å². The zero-order valence-corrected chi connectivity index (χ0v) is 12.7. The van der Waals surface area contributed by atoms with Gasteiger partial charge in [0.25, 0.3) is 0 Å². The molecule has 0 radical (unpaired) electrons. The number of hydrogen-bond acceptors (Lipinski definition) is 3. The van der Waals surface area contributed by atoms with E-state index in [9.17, 15) is 4.79 Å².